The number of rotatable bonds is 3. The fourth-order valence-corrected chi connectivity index (χ4v) is 3.01. The zero-order valence-corrected chi connectivity index (χ0v) is 11.8. The predicted molar refractivity (Wildman–Crippen MR) is 74.9 cm³/mol. The Morgan fingerprint density at radius 1 is 1.35 bits per heavy atom. The first-order chi connectivity index (χ1) is 8.16. The van der Waals surface area contributed by atoms with Gasteiger partial charge in [0.15, 0.2) is 5.16 Å². The number of nitrogen functional groups attached to an aromatic ring is 1. The van der Waals surface area contributed by atoms with Crippen LogP contribution in [-0.2, 0) is 5.75 Å². The summed E-state index contributed by atoms with van der Waals surface area (Å²) in [6, 6.07) is 7.70. The van der Waals surface area contributed by atoms with Gasteiger partial charge in [-0.15, -0.1) is 0 Å². The van der Waals surface area contributed by atoms with Crippen LogP contribution in [0, 0.1) is 6.92 Å². The van der Waals surface area contributed by atoms with Crippen molar-refractivity contribution in [1.82, 2.24) is 9.97 Å². The lowest BCUT2D eigenvalue weighted by atomic mass is 10.2. The Morgan fingerprint density at radius 3 is 2.88 bits per heavy atom. The van der Waals surface area contributed by atoms with Crippen molar-refractivity contribution in [3.8, 4) is 0 Å². The van der Waals surface area contributed by atoms with Crippen molar-refractivity contribution in [1.29, 1.82) is 0 Å². The van der Waals surface area contributed by atoms with Crippen LogP contribution < -0.4 is 5.73 Å². The number of halogens is 1. The molecule has 17 heavy (non-hydrogen) atoms. The van der Waals surface area contributed by atoms with Gasteiger partial charge in [-0.2, -0.15) is 0 Å². The molecule has 0 spiro atoms. The number of aromatic nitrogens is 2. The fourth-order valence-electron chi connectivity index (χ4n) is 1.36. The summed E-state index contributed by atoms with van der Waals surface area (Å²) in [7, 11) is 0. The second-order valence-electron chi connectivity index (χ2n) is 3.58. The Balaban J connectivity index is 2.13. The van der Waals surface area contributed by atoms with Gasteiger partial charge in [-0.05, 0) is 30.7 Å². The Bertz CT molecular complexity index is 511. The van der Waals surface area contributed by atoms with Crippen LogP contribution in [0.2, 0.25) is 0 Å². The lowest BCUT2D eigenvalue weighted by Crippen LogP contribution is -1.95. The normalized spacial score (nSPS) is 10.5. The number of hydrogen-bond donors (Lipinski definition) is 1. The van der Waals surface area contributed by atoms with Gasteiger partial charge in [-0.1, -0.05) is 33.8 Å². The van der Waals surface area contributed by atoms with E-state index in [9.17, 15) is 0 Å². The molecule has 0 unspecified atom stereocenters. The summed E-state index contributed by atoms with van der Waals surface area (Å²) in [5, 5.41) is 0.778. The average molecular weight is 310 g/mol. The molecule has 0 aliphatic carbocycles. The van der Waals surface area contributed by atoms with E-state index in [0.717, 1.165) is 32.3 Å². The van der Waals surface area contributed by atoms with Gasteiger partial charge in [-0.3, -0.25) is 0 Å². The monoisotopic (exact) mass is 309 g/mol. The Kier molecular flexibility index (Phi) is 4.02. The number of thioether (sulfide) groups is 1. The van der Waals surface area contributed by atoms with Gasteiger partial charge >= 0.3 is 0 Å². The minimum Gasteiger partial charge on any atom is -0.398 e. The molecule has 0 saturated heterocycles. The first-order valence-corrected chi connectivity index (χ1v) is 6.90. The van der Waals surface area contributed by atoms with Crippen molar-refractivity contribution in [3.63, 3.8) is 0 Å². The van der Waals surface area contributed by atoms with E-state index in [0.29, 0.717) is 0 Å². The largest absolute Gasteiger partial charge is 0.398 e. The second-order valence-corrected chi connectivity index (χ2v) is 5.37. The SMILES string of the molecule is Cc1ccnc(SCc2c(N)cccc2Br)n1. The van der Waals surface area contributed by atoms with Crippen LogP contribution in [0.5, 0.6) is 0 Å². The molecule has 5 heteroatoms. The minimum atomic E-state index is 0.761. The highest BCUT2D eigenvalue weighted by molar-refractivity contribution is 9.10. The van der Waals surface area contributed by atoms with Gasteiger partial charge < -0.3 is 5.73 Å². The van der Waals surface area contributed by atoms with Gasteiger partial charge in [0.05, 0.1) is 0 Å². The minimum absolute atomic E-state index is 0.761. The van der Waals surface area contributed by atoms with E-state index >= 15 is 0 Å². The first kappa shape index (κ1) is 12.4. The zero-order chi connectivity index (χ0) is 12.3. The molecular weight excluding hydrogens is 298 g/mol. The maximum absolute atomic E-state index is 5.93. The van der Waals surface area contributed by atoms with E-state index in [4.69, 9.17) is 5.73 Å². The Morgan fingerprint density at radius 2 is 2.18 bits per heavy atom. The number of hydrogen-bond acceptors (Lipinski definition) is 4. The molecule has 1 aromatic carbocycles. The van der Waals surface area contributed by atoms with E-state index in [1.165, 1.54) is 0 Å². The lowest BCUT2D eigenvalue weighted by Gasteiger charge is -2.07. The average Bonchev–Trinajstić information content (AvgIpc) is 2.28. The number of aryl methyl sites for hydroxylation is 1. The van der Waals surface area contributed by atoms with Crippen LogP contribution >= 0.6 is 27.7 Å². The molecule has 0 radical (unpaired) electrons. The maximum Gasteiger partial charge on any atom is 0.188 e. The number of nitrogens with two attached hydrogens (primary N) is 1. The van der Waals surface area contributed by atoms with Crippen LogP contribution in [0.3, 0.4) is 0 Å². The van der Waals surface area contributed by atoms with E-state index in [2.05, 4.69) is 25.9 Å². The van der Waals surface area contributed by atoms with E-state index in [-0.39, 0.29) is 0 Å². The van der Waals surface area contributed by atoms with Crippen molar-refractivity contribution in [2.24, 2.45) is 0 Å². The van der Waals surface area contributed by atoms with Crippen LogP contribution in [0.15, 0.2) is 40.1 Å². The van der Waals surface area contributed by atoms with E-state index in [1.54, 1.807) is 18.0 Å². The molecule has 0 aliphatic heterocycles. The van der Waals surface area contributed by atoms with Crippen molar-refractivity contribution in [3.05, 3.63) is 46.2 Å². The van der Waals surface area contributed by atoms with Crippen LogP contribution in [0.4, 0.5) is 5.69 Å². The van der Waals surface area contributed by atoms with Crippen molar-refractivity contribution in [2.45, 2.75) is 17.8 Å². The molecule has 0 bridgehead atoms. The maximum atomic E-state index is 5.93. The van der Waals surface area contributed by atoms with Gasteiger partial charge in [0.1, 0.15) is 0 Å². The smallest absolute Gasteiger partial charge is 0.188 e. The molecule has 2 aromatic rings. The summed E-state index contributed by atoms with van der Waals surface area (Å²) in [6.07, 6.45) is 1.77. The van der Waals surface area contributed by atoms with Crippen molar-refractivity contribution >= 4 is 33.4 Å². The number of anilines is 1. The van der Waals surface area contributed by atoms with Crippen molar-refractivity contribution in [2.75, 3.05) is 5.73 Å². The summed E-state index contributed by atoms with van der Waals surface area (Å²) in [5.74, 6) is 0.761. The molecule has 0 saturated carbocycles. The van der Waals surface area contributed by atoms with Crippen LogP contribution in [0.25, 0.3) is 0 Å². The number of benzene rings is 1. The Labute approximate surface area is 113 Å². The molecule has 1 heterocycles. The predicted octanol–water partition coefficient (Wildman–Crippen LogP) is 3.42. The third kappa shape index (κ3) is 3.20. The molecule has 1 aromatic heterocycles. The van der Waals surface area contributed by atoms with Crippen molar-refractivity contribution < 1.29 is 0 Å². The highest BCUT2D eigenvalue weighted by Gasteiger charge is 2.06. The van der Waals surface area contributed by atoms with E-state index < -0.39 is 0 Å². The summed E-state index contributed by atoms with van der Waals surface area (Å²) in [4.78, 5) is 8.55. The molecular formula is C12H12BrN3S. The molecule has 2 rings (SSSR count). The van der Waals surface area contributed by atoms with Crippen LogP contribution in [-0.4, -0.2) is 9.97 Å². The quantitative estimate of drug-likeness (QED) is 0.536. The first-order valence-electron chi connectivity index (χ1n) is 5.12. The third-order valence-corrected chi connectivity index (χ3v) is 3.90. The van der Waals surface area contributed by atoms with E-state index in [1.807, 2.05) is 31.2 Å². The molecule has 0 fully saturated rings. The lowest BCUT2D eigenvalue weighted by molar-refractivity contribution is 0.932. The molecule has 3 nitrogen and oxygen atoms in total. The van der Waals surface area contributed by atoms with Gasteiger partial charge in [0.2, 0.25) is 0 Å². The standard InChI is InChI=1S/C12H12BrN3S/c1-8-5-6-15-12(16-8)17-7-9-10(13)3-2-4-11(9)14/h2-6H,7,14H2,1H3. The third-order valence-electron chi connectivity index (χ3n) is 2.27. The van der Waals surface area contributed by atoms with Crippen LogP contribution in [0.1, 0.15) is 11.3 Å². The highest BCUT2D eigenvalue weighted by atomic mass is 79.9. The highest BCUT2D eigenvalue weighted by Crippen LogP contribution is 2.28. The summed E-state index contributed by atoms with van der Waals surface area (Å²) >= 11 is 5.08. The zero-order valence-electron chi connectivity index (χ0n) is 9.35. The second kappa shape index (κ2) is 5.51. The molecule has 0 aliphatic rings. The Hall–Kier alpha value is -1.07. The topological polar surface area (TPSA) is 51.8 Å². The van der Waals surface area contributed by atoms with Gasteiger partial charge in [0, 0.05) is 27.8 Å². The molecule has 88 valence electrons. The summed E-state index contributed by atoms with van der Waals surface area (Å²) in [6.45, 7) is 1.96. The number of nitrogens with zero attached hydrogens (tertiary/aromatic N) is 2. The summed E-state index contributed by atoms with van der Waals surface area (Å²) in [5.41, 5.74) is 8.78. The van der Waals surface area contributed by atoms with Gasteiger partial charge in [-0.25, -0.2) is 9.97 Å². The molecule has 0 atom stereocenters. The molecule has 2 N–H and O–H groups in total. The van der Waals surface area contributed by atoms with Gasteiger partial charge in [0.25, 0.3) is 0 Å². The molecule has 0 amide bonds. The fraction of sp³-hybridized carbons (Fsp3) is 0.167. The summed E-state index contributed by atoms with van der Waals surface area (Å²) < 4.78 is 1.03.